The molecule has 1 saturated carbocycles. The lowest BCUT2D eigenvalue weighted by Crippen LogP contribution is -2.60. The molecule has 41 heavy (non-hydrogen) atoms. The number of Topliss-reactive ketones (excluding diaryl/α,β-unsaturated/α-hetero) is 2. The van der Waals surface area contributed by atoms with Gasteiger partial charge in [0.15, 0.2) is 17.2 Å². The van der Waals surface area contributed by atoms with E-state index < -0.39 is 59.7 Å². The summed E-state index contributed by atoms with van der Waals surface area (Å²) in [6.07, 6.45) is 5.10. The van der Waals surface area contributed by atoms with Crippen molar-refractivity contribution in [2.24, 2.45) is 17.6 Å². The normalized spacial score (nSPS) is 25.6. The first-order chi connectivity index (χ1) is 19.3. The molecule has 0 aliphatic heterocycles. The highest BCUT2D eigenvalue weighted by Gasteiger charge is 2.58. The van der Waals surface area contributed by atoms with Gasteiger partial charge in [-0.15, -0.1) is 0 Å². The summed E-state index contributed by atoms with van der Waals surface area (Å²) in [5.74, 6) is -5.35. The Labute approximate surface area is 241 Å². The van der Waals surface area contributed by atoms with Gasteiger partial charge in [0.05, 0.1) is 18.6 Å². The first-order valence-corrected chi connectivity index (χ1v) is 14.4. The van der Waals surface area contributed by atoms with Gasteiger partial charge in [-0.1, -0.05) is 19.3 Å². The second-order valence-electron chi connectivity index (χ2n) is 12.2. The van der Waals surface area contributed by atoms with Gasteiger partial charge in [0.25, 0.3) is 0 Å². The van der Waals surface area contributed by atoms with E-state index in [-0.39, 0.29) is 29.7 Å². The molecule has 3 aliphatic rings. The average Bonchev–Trinajstić information content (AvgIpc) is 2.91. The third-order valence-electron chi connectivity index (χ3n) is 9.23. The van der Waals surface area contributed by atoms with Crippen LogP contribution in [0, 0.1) is 11.8 Å². The molecule has 226 valence electrons. The molecule has 3 aliphatic carbocycles. The predicted octanol–water partition coefficient (Wildman–Crippen LogP) is 1.17. The third kappa shape index (κ3) is 5.60. The number of hydrogen-bond donors (Lipinski definition) is 6. The SMILES string of the molecule is CN(C)c1cc(CNC2CCCCC2)c(O)c2c1C[C@H]1C[C@@H](C(CO)N(C)C)[C@@](O)(C(=O)CC(N)=O)C(O)=C1C2=O. The van der Waals surface area contributed by atoms with Crippen LogP contribution in [-0.4, -0.2) is 95.3 Å². The van der Waals surface area contributed by atoms with E-state index >= 15 is 0 Å². The number of aromatic hydroxyl groups is 1. The number of benzene rings is 1. The summed E-state index contributed by atoms with van der Waals surface area (Å²) in [7, 11) is 7.05. The number of aliphatic hydroxyl groups is 3. The lowest BCUT2D eigenvalue weighted by Gasteiger charge is -2.47. The van der Waals surface area contributed by atoms with Crippen molar-refractivity contribution < 1.29 is 34.8 Å². The van der Waals surface area contributed by atoms with Gasteiger partial charge in [0, 0.05) is 55.5 Å². The number of nitrogens with one attached hydrogen (secondary N) is 1. The first-order valence-electron chi connectivity index (χ1n) is 14.4. The lowest BCUT2D eigenvalue weighted by molar-refractivity contribution is -0.151. The van der Waals surface area contributed by atoms with Crippen LogP contribution in [-0.2, 0) is 22.6 Å². The molecule has 1 unspecified atom stereocenters. The Hall–Kier alpha value is -2.99. The minimum atomic E-state index is -2.62. The Bertz CT molecular complexity index is 1240. The molecule has 4 rings (SSSR count). The molecule has 0 radical (unpaired) electrons. The number of carbonyl (C=O) groups is 3. The standard InChI is InChI=1S/C30H44N4O7/c1-33(2)21-12-17(14-32-18-8-6-5-7-9-18)27(38)26-19(21)10-16-11-20(22(15-35)34(3)4)30(41,23(36)13-24(31)37)29(40)25(16)28(26)39/h12,16,18,20,22,32,35,38,40-41H,5-11,13-15H2,1-4H3,(H2,31,37)/t16-,20-,22?,30+/m0/s1. The van der Waals surface area contributed by atoms with Crippen LogP contribution in [0.4, 0.5) is 5.69 Å². The molecular weight excluding hydrogens is 528 g/mol. The lowest BCUT2D eigenvalue weighted by atomic mass is 9.61. The van der Waals surface area contributed by atoms with Gasteiger partial charge in [-0.05, 0) is 57.3 Å². The number of fused-ring (bicyclic) bond motifs is 2. The molecule has 1 amide bonds. The molecule has 0 spiro atoms. The number of nitrogens with two attached hydrogens (primary N) is 1. The molecule has 0 bridgehead atoms. The van der Waals surface area contributed by atoms with E-state index in [0.29, 0.717) is 23.7 Å². The van der Waals surface area contributed by atoms with Crippen molar-refractivity contribution in [2.45, 2.75) is 75.6 Å². The molecule has 1 aromatic rings. The van der Waals surface area contributed by atoms with E-state index in [4.69, 9.17) is 5.73 Å². The van der Waals surface area contributed by atoms with E-state index in [1.807, 2.05) is 25.1 Å². The van der Waals surface area contributed by atoms with Crippen LogP contribution in [0.1, 0.15) is 66.4 Å². The zero-order valence-electron chi connectivity index (χ0n) is 24.4. The van der Waals surface area contributed by atoms with Gasteiger partial charge in [0.1, 0.15) is 11.5 Å². The fourth-order valence-electron chi connectivity index (χ4n) is 7.04. The minimum Gasteiger partial charge on any atom is -0.508 e. The number of carbonyl (C=O) groups excluding carboxylic acids is 3. The topological polar surface area (TPSA) is 177 Å². The molecule has 0 aromatic heterocycles. The van der Waals surface area contributed by atoms with E-state index in [9.17, 15) is 34.8 Å². The molecule has 1 aromatic carbocycles. The number of nitrogens with zero attached hydrogens (tertiary/aromatic N) is 2. The molecule has 4 atom stereocenters. The summed E-state index contributed by atoms with van der Waals surface area (Å²) in [6, 6.07) is 1.44. The number of anilines is 1. The Morgan fingerprint density at radius 2 is 1.80 bits per heavy atom. The van der Waals surface area contributed by atoms with Gasteiger partial charge in [-0.2, -0.15) is 0 Å². The molecule has 0 heterocycles. The molecule has 0 saturated heterocycles. The number of phenols is 1. The van der Waals surface area contributed by atoms with E-state index in [1.165, 1.54) is 6.42 Å². The summed E-state index contributed by atoms with van der Waals surface area (Å²) in [6.45, 7) is -0.0821. The maximum atomic E-state index is 14.1. The van der Waals surface area contributed by atoms with Crippen molar-refractivity contribution in [3.8, 4) is 5.75 Å². The monoisotopic (exact) mass is 572 g/mol. The largest absolute Gasteiger partial charge is 0.508 e. The second-order valence-corrected chi connectivity index (χ2v) is 12.2. The zero-order valence-corrected chi connectivity index (χ0v) is 24.4. The van der Waals surface area contributed by atoms with Crippen LogP contribution in [0.5, 0.6) is 5.75 Å². The highest BCUT2D eigenvalue weighted by molar-refractivity contribution is 6.15. The number of hydrogen-bond acceptors (Lipinski definition) is 10. The summed E-state index contributed by atoms with van der Waals surface area (Å²) >= 11 is 0. The van der Waals surface area contributed by atoms with Gasteiger partial charge < -0.3 is 41.3 Å². The van der Waals surface area contributed by atoms with Gasteiger partial charge >= 0.3 is 0 Å². The van der Waals surface area contributed by atoms with Crippen LogP contribution in [0.25, 0.3) is 0 Å². The van der Waals surface area contributed by atoms with Crippen molar-refractivity contribution in [3.05, 3.63) is 34.1 Å². The Balaban J connectivity index is 1.84. The zero-order chi connectivity index (χ0) is 30.2. The second kappa shape index (κ2) is 12.1. The van der Waals surface area contributed by atoms with Crippen LogP contribution < -0.4 is 16.0 Å². The van der Waals surface area contributed by atoms with Gasteiger partial charge in [0.2, 0.25) is 5.91 Å². The Morgan fingerprint density at radius 3 is 2.37 bits per heavy atom. The quantitative estimate of drug-likeness (QED) is 0.223. The highest BCUT2D eigenvalue weighted by atomic mass is 16.3. The number of aliphatic hydroxyl groups excluding tert-OH is 2. The summed E-state index contributed by atoms with van der Waals surface area (Å²) in [4.78, 5) is 42.6. The number of primary amides is 1. The predicted molar refractivity (Wildman–Crippen MR) is 154 cm³/mol. The molecule has 11 heteroatoms. The van der Waals surface area contributed by atoms with Crippen LogP contribution in [0.15, 0.2) is 17.4 Å². The summed E-state index contributed by atoms with van der Waals surface area (Å²) < 4.78 is 0. The third-order valence-corrected chi connectivity index (χ3v) is 9.23. The van der Waals surface area contributed by atoms with E-state index in [1.54, 1.807) is 19.0 Å². The summed E-state index contributed by atoms with van der Waals surface area (Å²) in [5, 5.41) is 48.5. The molecule has 7 N–H and O–H groups in total. The van der Waals surface area contributed by atoms with Crippen LogP contribution >= 0.6 is 0 Å². The first kappa shape index (κ1) is 31.0. The number of ketones is 2. The number of phenolic OH excluding ortho intramolecular Hbond substituents is 1. The van der Waals surface area contributed by atoms with Crippen LogP contribution in [0.2, 0.25) is 0 Å². The molecule has 11 nitrogen and oxygen atoms in total. The number of rotatable bonds is 10. The number of likely N-dealkylation sites (N-methyl/N-ethyl adjacent to an activating group) is 1. The van der Waals surface area contributed by atoms with E-state index in [0.717, 1.165) is 31.4 Å². The maximum Gasteiger partial charge on any atom is 0.225 e. The minimum absolute atomic E-state index is 0.0453. The van der Waals surface area contributed by atoms with Crippen molar-refractivity contribution in [3.63, 3.8) is 0 Å². The van der Waals surface area contributed by atoms with Crippen molar-refractivity contribution in [1.82, 2.24) is 10.2 Å². The van der Waals surface area contributed by atoms with E-state index in [2.05, 4.69) is 5.32 Å². The van der Waals surface area contributed by atoms with Crippen molar-refractivity contribution in [1.29, 1.82) is 0 Å². The summed E-state index contributed by atoms with van der Waals surface area (Å²) in [5.41, 5.74) is 4.47. The molecule has 1 fully saturated rings. The Morgan fingerprint density at radius 1 is 1.15 bits per heavy atom. The Kier molecular flexibility index (Phi) is 9.13. The highest BCUT2D eigenvalue weighted by Crippen LogP contribution is 2.51. The number of allylic oxidation sites excluding steroid dienone is 1. The molecular formula is C30H44N4O7. The number of amides is 1. The van der Waals surface area contributed by atoms with Crippen molar-refractivity contribution in [2.75, 3.05) is 39.7 Å². The van der Waals surface area contributed by atoms with Gasteiger partial charge in [-0.3, -0.25) is 14.4 Å². The average molecular weight is 573 g/mol. The smallest absolute Gasteiger partial charge is 0.225 e. The van der Waals surface area contributed by atoms with Crippen molar-refractivity contribution >= 4 is 23.2 Å². The van der Waals surface area contributed by atoms with Gasteiger partial charge in [-0.25, -0.2) is 0 Å². The fraction of sp³-hybridized carbons (Fsp3) is 0.633. The maximum absolute atomic E-state index is 14.1. The van der Waals surface area contributed by atoms with Crippen LogP contribution in [0.3, 0.4) is 0 Å². The fourth-order valence-corrected chi connectivity index (χ4v) is 7.04.